The van der Waals surface area contributed by atoms with E-state index >= 15 is 0 Å². The predicted molar refractivity (Wildman–Crippen MR) is 128 cm³/mol. The summed E-state index contributed by atoms with van der Waals surface area (Å²) >= 11 is 0. The van der Waals surface area contributed by atoms with Crippen LogP contribution in [0.15, 0.2) is 36.8 Å². The summed E-state index contributed by atoms with van der Waals surface area (Å²) in [6.45, 7) is 3.72. The number of nitrogens with zero attached hydrogens (tertiary/aromatic N) is 5. The van der Waals surface area contributed by atoms with Gasteiger partial charge in [-0.1, -0.05) is 0 Å². The zero-order valence-corrected chi connectivity index (χ0v) is 18.8. The molecule has 168 valence electrons. The van der Waals surface area contributed by atoms with E-state index in [0.717, 1.165) is 59.4 Å². The third-order valence-electron chi connectivity index (χ3n) is 6.54. The van der Waals surface area contributed by atoms with Gasteiger partial charge in [0.1, 0.15) is 5.82 Å². The molecule has 0 unspecified atom stereocenters. The number of rotatable bonds is 5. The molecule has 1 saturated carbocycles. The Hall–Kier alpha value is -3.52. The van der Waals surface area contributed by atoms with E-state index in [4.69, 9.17) is 19.4 Å². The van der Waals surface area contributed by atoms with Crippen molar-refractivity contribution < 1.29 is 9.47 Å². The molecule has 4 aromatic rings. The Kier molecular flexibility index (Phi) is 4.95. The predicted octanol–water partition coefficient (Wildman–Crippen LogP) is 3.54. The first-order valence-corrected chi connectivity index (χ1v) is 11.4. The van der Waals surface area contributed by atoms with E-state index in [2.05, 4.69) is 20.2 Å². The van der Waals surface area contributed by atoms with Gasteiger partial charge in [-0.15, -0.1) is 0 Å². The van der Waals surface area contributed by atoms with Crippen LogP contribution in [-0.4, -0.2) is 60.3 Å². The van der Waals surface area contributed by atoms with Crippen molar-refractivity contribution in [2.24, 2.45) is 0 Å². The molecule has 0 atom stereocenters. The normalized spacial score (nSPS) is 16.4. The van der Waals surface area contributed by atoms with Crippen molar-refractivity contribution in [2.45, 2.75) is 18.8 Å². The van der Waals surface area contributed by atoms with E-state index in [-0.39, 0.29) is 0 Å². The van der Waals surface area contributed by atoms with E-state index in [1.54, 1.807) is 20.4 Å². The summed E-state index contributed by atoms with van der Waals surface area (Å²) in [5.74, 6) is 3.54. The molecule has 2 fully saturated rings. The molecule has 2 aliphatic rings. The Balaban J connectivity index is 1.60. The SMILES string of the molecule is COc1cc2nccc(-c3nc(N4CCNCC4)c4c(C5CC5)cncc4n3)c2cc1OC. The van der Waals surface area contributed by atoms with Gasteiger partial charge in [0.15, 0.2) is 17.3 Å². The molecule has 0 spiro atoms. The van der Waals surface area contributed by atoms with Gasteiger partial charge in [0, 0.05) is 61.0 Å². The second-order valence-electron chi connectivity index (χ2n) is 8.59. The maximum atomic E-state index is 5.55. The number of hydrogen-bond acceptors (Lipinski definition) is 8. The number of piperazine rings is 1. The van der Waals surface area contributed by atoms with Crippen LogP contribution >= 0.6 is 0 Å². The lowest BCUT2D eigenvalue weighted by molar-refractivity contribution is 0.356. The van der Waals surface area contributed by atoms with Gasteiger partial charge in [0.25, 0.3) is 0 Å². The van der Waals surface area contributed by atoms with Crippen molar-refractivity contribution in [1.29, 1.82) is 0 Å². The van der Waals surface area contributed by atoms with Crippen LogP contribution in [0.1, 0.15) is 24.3 Å². The highest BCUT2D eigenvalue weighted by Gasteiger charge is 2.29. The van der Waals surface area contributed by atoms with Gasteiger partial charge in [-0.3, -0.25) is 9.97 Å². The molecule has 1 saturated heterocycles. The van der Waals surface area contributed by atoms with Crippen molar-refractivity contribution in [3.8, 4) is 22.9 Å². The molecule has 8 nitrogen and oxygen atoms in total. The zero-order chi connectivity index (χ0) is 22.4. The lowest BCUT2D eigenvalue weighted by Gasteiger charge is -2.30. The summed E-state index contributed by atoms with van der Waals surface area (Å²) in [5.41, 5.74) is 3.89. The monoisotopic (exact) mass is 442 g/mol. The molecular formula is C25H26N6O2. The molecule has 1 aliphatic heterocycles. The summed E-state index contributed by atoms with van der Waals surface area (Å²) in [6, 6.07) is 5.81. The number of benzene rings is 1. The van der Waals surface area contributed by atoms with Gasteiger partial charge in [-0.25, -0.2) is 9.97 Å². The number of aromatic nitrogens is 4. The van der Waals surface area contributed by atoms with Crippen LogP contribution in [0.2, 0.25) is 0 Å². The molecule has 1 N–H and O–H groups in total. The summed E-state index contributed by atoms with van der Waals surface area (Å²) in [6.07, 6.45) is 8.08. The molecule has 33 heavy (non-hydrogen) atoms. The zero-order valence-electron chi connectivity index (χ0n) is 18.8. The van der Waals surface area contributed by atoms with Crippen molar-refractivity contribution in [3.63, 3.8) is 0 Å². The van der Waals surface area contributed by atoms with E-state index in [0.29, 0.717) is 23.2 Å². The highest BCUT2D eigenvalue weighted by Crippen LogP contribution is 2.45. The van der Waals surface area contributed by atoms with Crippen LogP contribution in [0.25, 0.3) is 33.2 Å². The van der Waals surface area contributed by atoms with Crippen molar-refractivity contribution in [1.82, 2.24) is 25.3 Å². The third kappa shape index (κ3) is 3.51. The summed E-state index contributed by atoms with van der Waals surface area (Å²) in [4.78, 5) is 21.6. The van der Waals surface area contributed by atoms with Crippen molar-refractivity contribution in [2.75, 3.05) is 45.3 Å². The molecule has 4 heterocycles. The summed E-state index contributed by atoms with van der Waals surface area (Å²) < 4.78 is 11.0. The minimum absolute atomic E-state index is 0.566. The topological polar surface area (TPSA) is 85.3 Å². The maximum Gasteiger partial charge on any atom is 0.162 e. The Morgan fingerprint density at radius 1 is 0.970 bits per heavy atom. The minimum Gasteiger partial charge on any atom is -0.493 e. The molecule has 1 aromatic carbocycles. The van der Waals surface area contributed by atoms with Crippen LogP contribution in [0.4, 0.5) is 5.82 Å². The number of methoxy groups -OCH3 is 2. The van der Waals surface area contributed by atoms with Gasteiger partial charge in [0.05, 0.1) is 31.4 Å². The summed E-state index contributed by atoms with van der Waals surface area (Å²) in [5, 5.41) is 5.52. The van der Waals surface area contributed by atoms with Crippen LogP contribution in [0.5, 0.6) is 11.5 Å². The maximum absolute atomic E-state index is 5.55. The lowest BCUT2D eigenvalue weighted by atomic mass is 10.0. The van der Waals surface area contributed by atoms with Crippen molar-refractivity contribution >= 4 is 27.6 Å². The number of anilines is 1. The lowest BCUT2D eigenvalue weighted by Crippen LogP contribution is -2.44. The largest absolute Gasteiger partial charge is 0.493 e. The van der Waals surface area contributed by atoms with Crippen LogP contribution < -0.4 is 19.7 Å². The standard InChI is InChI=1S/C25H26N6O2/c1-32-21-11-17-16(5-6-28-19(17)12-22(21)33-2)24-29-20-14-27-13-18(15-3-4-15)23(20)25(30-24)31-9-7-26-8-10-31/h5-6,11-15,26H,3-4,7-10H2,1-2H3. The first-order valence-electron chi connectivity index (χ1n) is 11.4. The average molecular weight is 443 g/mol. The molecule has 8 heteroatoms. The van der Waals surface area contributed by atoms with E-state index in [1.807, 2.05) is 30.6 Å². The molecule has 0 radical (unpaired) electrons. The van der Waals surface area contributed by atoms with Gasteiger partial charge in [-0.05, 0) is 36.5 Å². The van der Waals surface area contributed by atoms with Gasteiger partial charge in [-0.2, -0.15) is 0 Å². The van der Waals surface area contributed by atoms with Crippen LogP contribution in [-0.2, 0) is 0 Å². The first kappa shape index (κ1) is 20.1. The number of pyridine rings is 2. The van der Waals surface area contributed by atoms with Gasteiger partial charge in [0.2, 0.25) is 0 Å². The fraction of sp³-hybridized carbons (Fsp3) is 0.360. The average Bonchev–Trinajstić information content (AvgIpc) is 3.72. The minimum atomic E-state index is 0.566. The van der Waals surface area contributed by atoms with E-state index < -0.39 is 0 Å². The summed E-state index contributed by atoms with van der Waals surface area (Å²) in [7, 11) is 3.27. The quantitative estimate of drug-likeness (QED) is 0.502. The number of nitrogens with one attached hydrogen (secondary N) is 1. The number of fused-ring (bicyclic) bond motifs is 2. The molecule has 0 bridgehead atoms. The van der Waals surface area contributed by atoms with Crippen LogP contribution in [0.3, 0.4) is 0 Å². The second kappa shape index (κ2) is 8.12. The fourth-order valence-electron chi connectivity index (χ4n) is 4.69. The number of ether oxygens (including phenoxy) is 2. The second-order valence-corrected chi connectivity index (χ2v) is 8.59. The molecular weight excluding hydrogens is 416 g/mol. The Morgan fingerprint density at radius 2 is 1.76 bits per heavy atom. The molecule has 3 aromatic heterocycles. The smallest absolute Gasteiger partial charge is 0.162 e. The highest BCUT2D eigenvalue weighted by molar-refractivity contribution is 5.98. The van der Waals surface area contributed by atoms with E-state index in [1.165, 1.54) is 18.4 Å². The third-order valence-corrected chi connectivity index (χ3v) is 6.54. The Bertz CT molecular complexity index is 1350. The van der Waals surface area contributed by atoms with Gasteiger partial charge < -0.3 is 19.7 Å². The first-order chi connectivity index (χ1) is 16.3. The Morgan fingerprint density at radius 3 is 2.52 bits per heavy atom. The molecule has 0 amide bonds. The highest BCUT2D eigenvalue weighted by atomic mass is 16.5. The Labute approximate surface area is 192 Å². The molecule has 1 aliphatic carbocycles. The van der Waals surface area contributed by atoms with Crippen LogP contribution in [0, 0.1) is 0 Å². The van der Waals surface area contributed by atoms with E-state index in [9.17, 15) is 0 Å². The fourth-order valence-corrected chi connectivity index (χ4v) is 4.69. The van der Waals surface area contributed by atoms with Crippen molar-refractivity contribution in [3.05, 3.63) is 42.4 Å². The van der Waals surface area contributed by atoms with Gasteiger partial charge >= 0.3 is 0 Å². The molecule has 6 rings (SSSR count). The number of hydrogen-bond donors (Lipinski definition) is 1.